The number of piperidine rings is 1. The lowest BCUT2D eigenvalue weighted by Crippen LogP contribution is -2.45. The van der Waals surface area contributed by atoms with Gasteiger partial charge in [0.15, 0.2) is 0 Å². The number of halogens is 2. The van der Waals surface area contributed by atoms with Crippen molar-refractivity contribution in [1.29, 1.82) is 0 Å². The van der Waals surface area contributed by atoms with Crippen LogP contribution in [0.15, 0.2) is 18.2 Å². The van der Waals surface area contributed by atoms with E-state index in [0.717, 1.165) is 37.2 Å². The van der Waals surface area contributed by atoms with Crippen molar-refractivity contribution in [3.8, 4) is 0 Å². The van der Waals surface area contributed by atoms with Gasteiger partial charge in [0, 0.05) is 21.8 Å². The normalized spacial score (nSPS) is 19.2. The molecule has 3 N–H and O–H groups in total. The SMILES string of the molecule is Cc1cc(I)ccc1NC(=O)CN1CCC[C@@H](N)C1.Cl. The largest absolute Gasteiger partial charge is 0.327 e. The fourth-order valence-corrected chi connectivity index (χ4v) is 3.04. The molecular formula is C14H21ClIN3O. The van der Waals surface area contributed by atoms with Gasteiger partial charge in [0.25, 0.3) is 0 Å². The smallest absolute Gasteiger partial charge is 0.238 e. The highest BCUT2D eigenvalue weighted by atomic mass is 127. The summed E-state index contributed by atoms with van der Waals surface area (Å²) in [5.74, 6) is 0.0402. The van der Waals surface area contributed by atoms with Crippen LogP contribution in [-0.2, 0) is 4.79 Å². The molecule has 1 aliphatic rings. The molecule has 0 aliphatic carbocycles. The molecule has 0 radical (unpaired) electrons. The van der Waals surface area contributed by atoms with Gasteiger partial charge in [-0.05, 0) is 72.7 Å². The molecule has 20 heavy (non-hydrogen) atoms. The maximum atomic E-state index is 12.0. The molecule has 6 heteroatoms. The van der Waals surface area contributed by atoms with Crippen LogP contribution in [0.4, 0.5) is 5.69 Å². The van der Waals surface area contributed by atoms with Crippen molar-refractivity contribution >= 4 is 46.6 Å². The molecule has 112 valence electrons. The van der Waals surface area contributed by atoms with Gasteiger partial charge in [0.05, 0.1) is 6.54 Å². The Morgan fingerprint density at radius 2 is 2.30 bits per heavy atom. The Hall–Kier alpha value is -0.370. The molecule has 1 heterocycles. The van der Waals surface area contributed by atoms with E-state index in [9.17, 15) is 4.79 Å². The highest BCUT2D eigenvalue weighted by Crippen LogP contribution is 2.17. The van der Waals surface area contributed by atoms with Crippen molar-refractivity contribution in [2.24, 2.45) is 5.73 Å². The van der Waals surface area contributed by atoms with E-state index in [1.54, 1.807) is 0 Å². The van der Waals surface area contributed by atoms with Crippen LogP contribution in [0.3, 0.4) is 0 Å². The molecule has 0 bridgehead atoms. The van der Waals surface area contributed by atoms with Crippen molar-refractivity contribution < 1.29 is 4.79 Å². The maximum absolute atomic E-state index is 12.0. The number of likely N-dealkylation sites (tertiary alicyclic amines) is 1. The minimum absolute atomic E-state index is 0. The number of amides is 1. The van der Waals surface area contributed by atoms with Crippen molar-refractivity contribution in [2.75, 3.05) is 25.0 Å². The zero-order valence-electron chi connectivity index (χ0n) is 11.6. The zero-order chi connectivity index (χ0) is 13.8. The third kappa shape index (κ3) is 5.20. The highest BCUT2D eigenvalue weighted by Gasteiger charge is 2.18. The lowest BCUT2D eigenvalue weighted by Gasteiger charge is -2.30. The minimum atomic E-state index is 0. The third-order valence-electron chi connectivity index (χ3n) is 3.37. The molecule has 1 fully saturated rings. The van der Waals surface area contributed by atoms with Crippen molar-refractivity contribution in [3.63, 3.8) is 0 Å². The number of hydrogen-bond donors (Lipinski definition) is 2. The molecular weight excluding hydrogens is 389 g/mol. The number of nitrogens with zero attached hydrogens (tertiary/aromatic N) is 1. The second kappa shape index (κ2) is 8.17. The predicted molar refractivity (Wildman–Crippen MR) is 93.4 cm³/mol. The van der Waals surface area contributed by atoms with Gasteiger partial charge in [-0.1, -0.05) is 0 Å². The topological polar surface area (TPSA) is 58.4 Å². The third-order valence-corrected chi connectivity index (χ3v) is 4.04. The molecule has 0 saturated carbocycles. The van der Waals surface area contributed by atoms with Gasteiger partial charge >= 0.3 is 0 Å². The van der Waals surface area contributed by atoms with Crippen LogP contribution >= 0.6 is 35.0 Å². The number of rotatable bonds is 3. The predicted octanol–water partition coefficient (Wildman–Crippen LogP) is 2.38. The second-order valence-corrected chi connectivity index (χ2v) is 6.39. The quantitative estimate of drug-likeness (QED) is 0.754. The summed E-state index contributed by atoms with van der Waals surface area (Å²) >= 11 is 2.27. The molecule has 4 nitrogen and oxygen atoms in total. The van der Waals surface area contributed by atoms with Gasteiger partial charge in [-0.2, -0.15) is 0 Å². The Bertz CT molecular complexity index is 470. The van der Waals surface area contributed by atoms with Gasteiger partial charge < -0.3 is 11.1 Å². The Balaban J connectivity index is 0.00000200. The van der Waals surface area contributed by atoms with Gasteiger partial charge in [0.2, 0.25) is 5.91 Å². The van der Waals surface area contributed by atoms with E-state index in [1.807, 2.05) is 19.1 Å². The van der Waals surface area contributed by atoms with Crippen molar-refractivity contribution in [3.05, 3.63) is 27.3 Å². The van der Waals surface area contributed by atoms with E-state index < -0.39 is 0 Å². The van der Waals surface area contributed by atoms with E-state index in [0.29, 0.717) is 6.54 Å². The summed E-state index contributed by atoms with van der Waals surface area (Å²) in [6.07, 6.45) is 2.14. The molecule has 2 rings (SSSR count). The van der Waals surface area contributed by atoms with Crippen molar-refractivity contribution in [1.82, 2.24) is 4.90 Å². The van der Waals surface area contributed by atoms with E-state index in [-0.39, 0.29) is 24.4 Å². The number of carbonyl (C=O) groups excluding carboxylic acids is 1. The summed E-state index contributed by atoms with van der Waals surface area (Å²) in [4.78, 5) is 14.2. The van der Waals surface area contributed by atoms with Crippen molar-refractivity contribution in [2.45, 2.75) is 25.8 Å². The number of aryl methyl sites for hydroxylation is 1. The standard InChI is InChI=1S/C14H20IN3O.ClH/c1-10-7-11(15)4-5-13(10)17-14(19)9-18-6-2-3-12(16)8-18;/h4-5,7,12H,2-3,6,8-9,16H2,1H3,(H,17,19);1H/t12-;/m1./s1. The summed E-state index contributed by atoms with van der Waals surface area (Å²) in [6.45, 7) is 4.22. The Labute approximate surface area is 140 Å². The van der Waals surface area contributed by atoms with E-state index in [1.165, 1.54) is 3.57 Å². The van der Waals surface area contributed by atoms with Crippen LogP contribution in [0, 0.1) is 10.5 Å². The molecule has 1 aromatic rings. The fraction of sp³-hybridized carbons (Fsp3) is 0.500. The van der Waals surface area contributed by atoms with Gasteiger partial charge in [-0.25, -0.2) is 0 Å². The van der Waals surface area contributed by atoms with Gasteiger partial charge in [-0.3, -0.25) is 9.69 Å². The average molecular weight is 410 g/mol. The number of hydrogen-bond acceptors (Lipinski definition) is 3. The number of nitrogens with one attached hydrogen (secondary N) is 1. The summed E-state index contributed by atoms with van der Waals surface area (Å²) in [7, 11) is 0. The van der Waals surface area contributed by atoms with E-state index in [2.05, 4.69) is 38.9 Å². The summed E-state index contributed by atoms with van der Waals surface area (Å²) < 4.78 is 1.18. The number of benzene rings is 1. The first kappa shape index (κ1) is 17.7. The van der Waals surface area contributed by atoms with Gasteiger partial charge in [0.1, 0.15) is 0 Å². The fourth-order valence-electron chi connectivity index (χ4n) is 2.40. The van der Waals surface area contributed by atoms with Crippen LogP contribution in [0.2, 0.25) is 0 Å². The zero-order valence-corrected chi connectivity index (χ0v) is 14.5. The summed E-state index contributed by atoms with van der Waals surface area (Å²) in [5, 5.41) is 2.97. The van der Waals surface area contributed by atoms with E-state index in [4.69, 9.17) is 5.73 Å². The maximum Gasteiger partial charge on any atom is 0.238 e. The summed E-state index contributed by atoms with van der Waals surface area (Å²) in [5.41, 5.74) is 7.91. The Morgan fingerprint density at radius 3 is 2.95 bits per heavy atom. The van der Waals surface area contributed by atoms with E-state index >= 15 is 0 Å². The average Bonchev–Trinajstić information content (AvgIpc) is 2.33. The molecule has 1 atom stereocenters. The molecule has 1 amide bonds. The van der Waals surface area contributed by atoms with Gasteiger partial charge in [-0.15, -0.1) is 12.4 Å². The molecule has 0 unspecified atom stereocenters. The molecule has 0 spiro atoms. The molecule has 1 saturated heterocycles. The lowest BCUT2D eigenvalue weighted by molar-refractivity contribution is -0.117. The summed E-state index contributed by atoms with van der Waals surface area (Å²) in [6, 6.07) is 6.23. The van der Waals surface area contributed by atoms with Crippen LogP contribution in [0.1, 0.15) is 18.4 Å². The number of anilines is 1. The first-order chi connectivity index (χ1) is 9.04. The van der Waals surface area contributed by atoms with Crippen LogP contribution in [-0.4, -0.2) is 36.5 Å². The number of nitrogens with two attached hydrogens (primary N) is 1. The first-order valence-electron chi connectivity index (χ1n) is 6.58. The first-order valence-corrected chi connectivity index (χ1v) is 7.66. The Kier molecular flexibility index (Phi) is 7.22. The van der Waals surface area contributed by atoms with Crippen LogP contribution in [0.5, 0.6) is 0 Å². The van der Waals surface area contributed by atoms with Crippen LogP contribution < -0.4 is 11.1 Å². The monoisotopic (exact) mass is 409 g/mol. The highest BCUT2D eigenvalue weighted by molar-refractivity contribution is 14.1. The second-order valence-electron chi connectivity index (χ2n) is 5.14. The lowest BCUT2D eigenvalue weighted by atomic mass is 10.1. The molecule has 0 aromatic heterocycles. The minimum Gasteiger partial charge on any atom is -0.327 e. The Morgan fingerprint density at radius 1 is 1.55 bits per heavy atom. The molecule has 1 aliphatic heterocycles. The molecule has 1 aromatic carbocycles. The number of carbonyl (C=O) groups is 1. The van der Waals surface area contributed by atoms with Crippen LogP contribution in [0.25, 0.3) is 0 Å².